The van der Waals surface area contributed by atoms with Gasteiger partial charge in [-0.1, -0.05) is 26.7 Å². The first kappa shape index (κ1) is 14.6. The van der Waals surface area contributed by atoms with Crippen LogP contribution in [-0.2, 0) is 14.4 Å². The molecule has 2 N–H and O–H groups in total. The zero-order chi connectivity index (χ0) is 12.7. The molecular weight excluding hydrogens is 210 g/mol. The molecule has 16 heavy (non-hydrogen) atoms. The number of rotatable bonds is 7. The van der Waals surface area contributed by atoms with Crippen molar-refractivity contribution in [3.05, 3.63) is 0 Å². The number of ketones is 1. The van der Waals surface area contributed by atoms with Crippen molar-refractivity contribution in [3.63, 3.8) is 0 Å². The van der Waals surface area contributed by atoms with Crippen molar-refractivity contribution in [2.24, 2.45) is 5.92 Å². The molecule has 0 aromatic carbocycles. The Balaban J connectivity index is 4.50. The molecule has 5 heteroatoms. The number of carboxylic acids is 1. The Kier molecular flexibility index (Phi) is 6.37. The Morgan fingerprint density at radius 3 is 2.00 bits per heavy atom. The number of nitrogens with one attached hydrogen (secondary N) is 1. The quantitative estimate of drug-likeness (QED) is 0.637. The fourth-order valence-corrected chi connectivity index (χ4v) is 1.59. The van der Waals surface area contributed by atoms with E-state index in [-0.39, 0.29) is 18.1 Å². The monoisotopic (exact) mass is 229 g/mol. The van der Waals surface area contributed by atoms with Gasteiger partial charge in [0.25, 0.3) is 0 Å². The van der Waals surface area contributed by atoms with Gasteiger partial charge in [0, 0.05) is 0 Å². The average Bonchev–Trinajstić information content (AvgIpc) is 2.16. The molecule has 0 fully saturated rings. The number of carbonyl (C=O) groups excluding carboxylic acids is 2. The zero-order valence-electron chi connectivity index (χ0n) is 9.95. The van der Waals surface area contributed by atoms with Crippen LogP contribution in [0.4, 0.5) is 0 Å². The molecule has 1 unspecified atom stereocenters. The number of amides is 1. The SMILES string of the molecule is CCC(CC)C(NC(=O)CC(C)=O)C(=O)O. The van der Waals surface area contributed by atoms with Crippen LogP contribution in [0.5, 0.6) is 0 Å². The first-order valence-electron chi connectivity index (χ1n) is 5.43. The van der Waals surface area contributed by atoms with E-state index in [1.54, 1.807) is 0 Å². The van der Waals surface area contributed by atoms with Gasteiger partial charge in [0.05, 0.1) is 6.42 Å². The minimum Gasteiger partial charge on any atom is -0.480 e. The summed E-state index contributed by atoms with van der Waals surface area (Å²) < 4.78 is 0. The highest BCUT2D eigenvalue weighted by atomic mass is 16.4. The molecule has 0 spiro atoms. The van der Waals surface area contributed by atoms with Gasteiger partial charge < -0.3 is 10.4 Å². The number of carbonyl (C=O) groups is 3. The van der Waals surface area contributed by atoms with Crippen molar-refractivity contribution in [2.75, 3.05) is 0 Å². The molecule has 0 saturated carbocycles. The highest BCUT2D eigenvalue weighted by molar-refractivity contribution is 5.98. The second-order valence-corrected chi connectivity index (χ2v) is 3.84. The van der Waals surface area contributed by atoms with E-state index in [9.17, 15) is 14.4 Å². The maximum atomic E-state index is 11.3. The lowest BCUT2D eigenvalue weighted by Gasteiger charge is -2.22. The number of carboxylic acid groups (broad SMARTS) is 1. The minimum absolute atomic E-state index is 0.103. The van der Waals surface area contributed by atoms with Gasteiger partial charge >= 0.3 is 5.97 Å². The summed E-state index contributed by atoms with van der Waals surface area (Å²) in [5.41, 5.74) is 0. The third-order valence-electron chi connectivity index (χ3n) is 2.51. The molecule has 0 heterocycles. The standard InChI is InChI=1S/C11H19NO4/c1-4-8(5-2)10(11(15)16)12-9(14)6-7(3)13/h8,10H,4-6H2,1-3H3,(H,12,14)(H,15,16). The third kappa shape index (κ3) is 4.91. The van der Waals surface area contributed by atoms with E-state index in [0.29, 0.717) is 12.8 Å². The second kappa shape index (κ2) is 6.98. The summed E-state index contributed by atoms with van der Waals surface area (Å²) >= 11 is 0. The lowest BCUT2D eigenvalue weighted by Crippen LogP contribution is -2.46. The van der Waals surface area contributed by atoms with Gasteiger partial charge in [0.1, 0.15) is 11.8 Å². The lowest BCUT2D eigenvalue weighted by atomic mass is 9.94. The molecule has 0 rings (SSSR count). The van der Waals surface area contributed by atoms with Gasteiger partial charge in [0.15, 0.2) is 0 Å². The average molecular weight is 229 g/mol. The molecule has 0 aromatic heterocycles. The fraction of sp³-hybridized carbons (Fsp3) is 0.727. The van der Waals surface area contributed by atoms with E-state index in [0.717, 1.165) is 0 Å². The largest absolute Gasteiger partial charge is 0.480 e. The van der Waals surface area contributed by atoms with Crippen LogP contribution in [0.25, 0.3) is 0 Å². The molecule has 5 nitrogen and oxygen atoms in total. The van der Waals surface area contributed by atoms with E-state index in [2.05, 4.69) is 5.32 Å². The molecule has 0 aliphatic heterocycles. The van der Waals surface area contributed by atoms with Crippen LogP contribution in [0.1, 0.15) is 40.0 Å². The molecule has 0 aliphatic rings. The summed E-state index contributed by atoms with van der Waals surface area (Å²) in [6.07, 6.45) is 1.09. The third-order valence-corrected chi connectivity index (χ3v) is 2.51. The highest BCUT2D eigenvalue weighted by Gasteiger charge is 2.27. The fourth-order valence-electron chi connectivity index (χ4n) is 1.59. The second-order valence-electron chi connectivity index (χ2n) is 3.84. The van der Waals surface area contributed by atoms with Crippen molar-refractivity contribution in [2.45, 2.75) is 46.1 Å². The molecule has 1 atom stereocenters. The van der Waals surface area contributed by atoms with Crippen LogP contribution < -0.4 is 5.32 Å². The van der Waals surface area contributed by atoms with Gasteiger partial charge in [-0.05, 0) is 12.8 Å². The predicted octanol–water partition coefficient (Wildman–Crippen LogP) is 0.971. The molecular formula is C11H19NO4. The van der Waals surface area contributed by atoms with E-state index >= 15 is 0 Å². The summed E-state index contributed by atoms with van der Waals surface area (Å²) in [5, 5.41) is 11.4. The van der Waals surface area contributed by atoms with Crippen molar-refractivity contribution >= 4 is 17.7 Å². The van der Waals surface area contributed by atoms with Crippen molar-refractivity contribution in [1.29, 1.82) is 0 Å². The summed E-state index contributed by atoms with van der Waals surface area (Å²) in [4.78, 5) is 33.0. The van der Waals surface area contributed by atoms with Gasteiger partial charge in [-0.25, -0.2) is 4.79 Å². The number of aliphatic carboxylic acids is 1. The van der Waals surface area contributed by atoms with Crippen LogP contribution in [0, 0.1) is 5.92 Å². The first-order valence-corrected chi connectivity index (χ1v) is 5.43. The van der Waals surface area contributed by atoms with E-state index in [1.165, 1.54) is 6.92 Å². The van der Waals surface area contributed by atoms with E-state index in [1.807, 2.05) is 13.8 Å². The van der Waals surface area contributed by atoms with Crippen molar-refractivity contribution < 1.29 is 19.5 Å². The van der Waals surface area contributed by atoms with Crippen molar-refractivity contribution in [1.82, 2.24) is 5.32 Å². The van der Waals surface area contributed by atoms with Gasteiger partial charge in [-0.15, -0.1) is 0 Å². The topological polar surface area (TPSA) is 83.5 Å². The number of hydrogen-bond acceptors (Lipinski definition) is 3. The first-order chi connectivity index (χ1) is 7.42. The Morgan fingerprint density at radius 1 is 1.19 bits per heavy atom. The van der Waals surface area contributed by atoms with Gasteiger partial charge in [0.2, 0.25) is 5.91 Å². The van der Waals surface area contributed by atoms with Crippen LogP contribution >= 0.6 is 0 Å². The normalized spacial score (nSPS) is 12.2. The maximum absolute atomic E-state index is 11.3. The van der Waals surface area contributed by atoms with Crippen LogP contribution in [0.15, 0.2) is 0 Å². The molecule has 0 aromatic rings. The Bertz CT molecular complexity index is 271. The summed E-state index contributed by atoms with van der Waals surface area (Å²) in [7, 11) is 0. The summed E-state index contributed by atoms with van der Waals surface area (Å²) in [6.45, 7) is 5.05. The summed E-state index contributed by atoms with van der Waals surface area (Å²) in [5.74, 6) is -1.95. The molecule has 0 saturated heterocycles. The zero-order valence-corrected chi connectivity index (χ0v) is 9.95. The van der Waals surface area contributed by atoms with Gasteiger partial charge in [-0.2, -0.15) is 0 Å². The lowest BCUT2D eigenvalue weighted by molar-refractivity contribution is -0.144. The highest BCUT2D eigenvalue weighted by Crippen LogP contribution is 2.13. The Hall–Kier alpha value is -1.39. The molecule has 1 amide bonds. The van der Waals surface area contributed by atoms with Crippen LogP contribution in [-0.4, -0.2) is 28.8 Å². The Morgan fingerprint density at radius 2 is 1.69 bits per heavy atom. The summed E-state index contributed by atoms with van der Waals surface area (Å²) in [6, 6.07) is -0.901. The van der Waals surface area contributed by atoms with E-state index < -0.39 is 17.9 Å². The Labute approximate surface area is 95.2 Å². The van der Waals surface area contributed by atoms with Gasteiger partial charge in [-0.3, -0.25) is 9.59 Å². The van der Waals surface area contributed by atoms with Crippen LogP contribution in [0.3, 0.4) is 0 Å². The van der Waals surface area contributed by atoms with Crippen LogP contribution in [0.2, 0.25) is 0 Å². The smallest absolute Gasteiger partial charge is 0.326 e. The van der Waals surface area contributed by atoms with Crippen molar-refractivity contribution in [3.8, 4) is 0 Å². The number of Topliss-reactive ketones (excluding diaryl/α,β-unsaturated/α-hetero) is 1. The molecule has 92 valence electrons. The molecule has 0 aliphatic carbocycles. The predicted molar refractivity (Wildman–Crippen MR) is 58.9 cm³/mol. The maximum Gasteiger partial charge on any atom is 0.326 e. The molecule has 0 bridgehead atoms. The van der Waals surface area contributed by atoms with E-state index in [4.69, 9.17) is 5.11 Å². The number of hydrogen-bond donors (Lipinski definition) is 2. The minimum atomic E-state index is -1.05. The molecule has 0 radical (unpaired) electrons.